The van der Waals surface area contributed by atoms with E-state index in [4.69, 9.17) is 9.26 Å². The SMILES string of the molecule is COc1ccc(-c2noc([C@@H]3C[C@@H](O)CN3Cc3ncc[nH]3)n2)cc1. The maximum atomic E-state index is 10.1. The number of β-amino-alcohol motifs (C(OH)–C–C–N with tert-alkyl or cyclic N) is 1. The number of rotatable bonds is 5. The summed E-state index contributed by atoms with van der Waals surface area (Å²) in [5.74, 6) is 2.65. The molecule has 2 atom stereocenters. The van der Waals surface area contributed by atoms with Crippen molar-refractivity contribution in [2.75, 3.05) is 13.7 Å². The van der Waals surface area contributed by atoms with E-state index in [1.54, 1.807) is 19.5 Å². The molecule has 8 heteroatoms. The average molecular weight is 341 g/mol. The van der Waals surface area contributed by atoms with Crippen LogP contribution in [0, 0.1) is 0 Å². The number of likely N-dealkylation sites (tertiary alicyclic amines) is 1. The first kappa shape index (κ1) is 15.8. The molecule has 0 unspecified atom stereocenters. The molecular formula is C17H19N5O3. The van der Waals surface area contributed by atoms with Crippen LogP contribution in [0.4, 0.5) is 0 Å². The van der Waals surface area contributed by atoms with Crippen molar-refractivity contribution in [3.8, 4) is 17.1 Å². The highest BCUT2D eigenvalue weighted by Gasteiger charge is 2.36. The largest absolute Gasteiger partial charge is 0.497 e. The fourth-order valence-corrected chi connectivity index (χ4v) is 3.12. The monoisotopic (exact) mass is 341 g/mol. The molecular weight excluding hydrogens is 322 g/mol. The molecule has 0 spiro atoms. The number of hydrogen-bond acceptors (Lipinski definition) is 7. The Bertz CT molecular complexity index is 815. The van der Waals surface area contributed by atoms with Crippen molar-refractivity contribution < 1.29 is 14.4 Å². The lowest BCUT2D eigenvalue weighted by molar-refractivity contribution is 0.167. The standard InChI is InChI=1S/C17H19N5O3/c1-24-13-4-2-11(3-5-13)16-20-17(25-21-16)14-8-12(23)9-22(14)10-15-18-6-7-19-15/h2-7,12,14,23H,8-10H2,1H3,(H,18,19)/t12-,14+/m1/s1. The number of benzene rings is 1. The van der Waals surface area contributed by atoms with E-state index in [2.05, 4.69) is 25.0 Å². The zero-order chi connectivity index (χ0) is 17.2. The Balaban J connectivity index is 1.55. The minimum absolute atomic E-state index is 0.125. The first-order valence-corrected chi connectivity index (χ1v) is 8.11. The molecule has 3 heterocycles. The molecule has 0 bridgehead atoms. The van der Waals surface area contributed by atoms with E-state index in [0.29, 0.717) is 31.2 Å². The van der Waals surface area contributed by atoms with Crippen LogP contribution in [-0.4, -0.2) is 49.9 Å². The summed E-state index contributed by atoms with van der Waals surface area (Å²) in [6, 6.07) is 7.36. The first-order valence-electron chi connectivity index (χ1n) is 8.11. The van der Waals surface area contributed by atoms with Gasteiger partial charge in [-0.1, -0.05) is 5.16 Å². The molecule has 0 radical (unpaired) electrons. The van der Waals surface area contributed by atoms with E-state index >= 15 is 0 Å². The molecule has 8 nitrogen and oxygen atoms in total. The molecule has 1 aliphatic rings. The van der Waals surface area contributed by atoms with Crippen LogP contribution in [-0.2, 0) is 6.54 Å². The molecule has 130 valence electrons. The number of ether oxygens (including phenoxy) is 1. The number of H-pyrrole nitrogens is 1. The zero-order valence-corrected chi connectivity index (χ0v) is 13.8. The van der Waals surface area contributed by atoms with Crippen molar-refractivity contribution in [1.82, 2.24) is 25.0 Å². The molecule has 0 amide bonds. The quantitative estimate of drug-likeness (QED) is 0.729. The highest BCUT2D eigenvalue weighted by Crippen LogP contribution is 2.33. The summed E-state index contributed by atoms with van der Waals surface area (Å²) >= 11 is 0. The topological polar surface area (TPSA) is 100 Å². The van der Waals surface area contributed by atoms with Crippen molar-refractivity contribution in [3.63, 3.8) is 0 Å². The molecule has 2 aromatic heterocycles. The Kier molecular flexibility index (Phi) is 4.21. The maximum absolute atomic E-state index is 10.1. The number of nitrogens with one attached hydrogen (secondary N) is 1. The summed E-state index contributed by atoms with van der Waals surface area (Å²) in [5, 5.41) is 14.1. The lowest BCUT2D eigenvalue weighted by Crippen LogP contribution is -2.25. The molecule has 3 aromatic rings. The van der Waals surface area contributed by atoms with E-state index in [9.17, 15) is 5.11 Å². The van der Waals surface area contributed by atoms with E-state index in [1.807, 2.05) is 24.3 Å². The van der Waals surface area contributed by atoms with E-state index in [1.165, 1.54) is 0 Å². The van der Waals surface area contributed by atoms with E-state index in [0.717, 1.165) is 17.1 Å². The summed E-state index contributed by atoms with van der Waals surface area (Å²) in [6.07, 6.45) is 3.64. The second-order valence-corrected chi connectivity index (χ2v) is 6.06. The van der Waals surface area contributed by atoms with Crippen LogP contribution in [0.25, 0.3) is 11.4 Å². The van der Waals surface area contributed by atoms with Gasteiger partial charge in [0.25, 0.3) is 0 Å². The summed E-state index contributed by atoms with van der Waals surface area (Å²) in [6.45, 7) is 1.14. The Morgan fingerprint density at radius 1 is 1.36 bits per heavy atom. The highest BCUT2D eigenvalue weighted by atomic mass is 16.5. The normalized spacial score (nSPS) is 20.9. The third kappa shape index (κ3) is 3.26. The number of imidazole rings is 1. The minimum Gasteiger partial charge on any atom is -0.497 e. The second-order valence-electron chi connectivity index (χ2n) is 6.06. The van der Waals surface area contributed by atoms with Crippen LogP contribution in [0.15, 0.2) is 41.2 Å². The van der Waals surface area contributed by atoms with Crippen LogP contribution in [0.3, 0.4) is 0 Å². The fourth-order valence-electron chi connectivity index (χ4n) is 3.12. The molecule has 1 fully saturated rings. The Morgan fingerprint density at radius 3 is 2.92 bits per heavy atom. The van der Waals surface area contributed by atoms with Crippen LogP contribution in [0.1, 0.15) is 24.2 Å². The van der Waals surface area contributed by atoms with Gasteiger partial charge in [0.15, 0.2) is 0 Å². The van der Waals surface area contributed by atoms with Crippen molar-refractivity contribution in [3.05, 3.63) is 48.4 Å². The number of aliphatic hydroxyl groups excluding tert-OH is 1. The molecule has 25 heavy (non-hydrogen) atoms. The van der Waals surface area contributed by atoms with E-state index in [-0.39, 0.29) is 6.04 Å². The predicted octanol–water partition coefficient (Wildman–Crippen LogP) is 1.78. The summed E-state index contributed by atoms with van der Waals surface area (Å²) in [5.41, 5.74) is 0.854. The smallest absolute Gasteiger partial charge is 0.244 e. The first-order chi connectivity index (χ1) is 12.2. The van der Waals surface area contributed by atoms with Gasteiger partial charge in [-0.25, -0.2) is 4.98 Å². The van der Waals surface area contributed by atoms with Gasteiger partial charge in [-0.05, 0) is 30.7 Å². The molecule has 4 rings (SSSR count). The molecule has 2 N–H and O–H groups in total. The number of hydrogen-bond donors (Lipinski definition) is 2. The van der Waals surface area contributed by atoms with E-state index < -0.39 is 6.10 Å². The van der Waals surface area contributed by atoms with Gasteiger partial charge in [0.2, 0.25) is 11.7 Å². The number of nitrogens with zero attached hydrogens (tertiary/aromatic N) is 4. The summed E-state index contributed by atoms with van der Waals surface area (Å²) in [7, 11) is 1.63. The van der Waals surface area contributed by atoms with Gasteiger partial charge < -0.3 is 19.4 Å². The Hall–Kier alpha value is -2.71. The van der Waals surface area contributed by atoms with Gasteiger partial charge in [0.1, 0.15) is 11.6 Å². The molecule has 0 aliphatic carbocycles. The van der Waals surface area contributed by atoms with Crippen molar-refractivity contribution in [2.24, 2.45) is 0 Å². The Morgan fingerprint density at radius 2 is 2.20 bits per heavy atom. The lowest BCUT2D eigenvalue weighted by atomic mass is 10.2. The minimum atomic E-state index is -0.420. The van der Waals surface area contributed by atoms with Gasteiger partial charge in [-0.3, -0.25) is 4.90 Å². The maximum Gasteiger partial charge on any atom is 0.244 e. The summed E-state index contributed by atoms with van der Waals surface area (Å²) < 4.78 is 10.6. The molecule has 1 aliphatic heterocycles. The molecule has 1 aromatic carbocycles. The predicted molar refractivity (Wildman–Crippen MR) is 88.6 cm³/mol. The summed E-state index contributed by atoms with van der Waals surface area (Å²) in [4.78, 5) is 13.9. The third-order valence-corrected chi connectivity index (χ3v) is 4.36. The van der Waals surface area contributed by atoms with Crippen LogP contribution >= 0.6 is 0 Å². The van der Waals surface area contributed by atoms with Crippen LogP contribution in [0.2, 0.25) is 0 Å². The third-order valence-electron chi connectivity index (χ3n) is 4.36. The Labute approximate surface area is 144 Å². The zero-order valence-electron chi connectivity index (χ0n) is 13.8. The van der Waals surface area contributed by atoms with Gasteiger partial charge in [-0.15, -0.1) is 0 Å². The average Bonchev–Trinajstić information content (AvgIpc) is 3.36. The van der Waals surface area contributed by atoms with Gasteiger partial charge in [-0.2, -0.15) is 4.98 Å². The number of aromatic nitrogens is 4. The van der Waals surface area contributed by atoms with Gasteiger partial charge >= 0.3 is 0 Å². The lowest BCUT2D eigenvalue weighted by Gasteiger charge is -2.19. The molecule has 0 saturated carbocycles. The number of methoxy groups -OCH3 is 1. The van der Waals surface area contributed by atoms with Crippen LogP contribution < -0.4 is 4.74 Å². The van der Waals surface area contributed by atoms with Gasteiger partial charge in [0.05, 0.1) is 25.8 Å². The van der Waals surface area contributed by atoms with Crippen molar-refractivity contribution >= 4 is 0 Å². The highest BCUT2D eigenvalue weighted by molar-refractivity contribution is 5.55. The second kappa shape index (κ2) is 6.66. The van der Waals surface area contributed by atoms with Crippen molar-refractivity contribution in [2.45, 2.75) is 25.1 Å². The number of aliphatic hydroxyl groups is 1. The van der Waals surface area contributed by atoms with Gasteiger partial charge in [0, 0.05) is 24.5 Å². The number of aromatic amines is 1. The van der Waals surface area contributed by atoms with Crippen molar-refractivity contribution in [1.29, 1.82) is 0 Å². The van der Waals surface area contributed by atoms with Crippen LogP contribution in [0.5, 0.6) is 5.75 Å². The molecule has 1 saturated heterocycles. The fraction of sp³-hybridized carbons (Fsp3) is 0.353.